The number of hydrogen-bond acceptors (Lipinski definition) is 3. The number of rotatable bonds is 2. The van der Waals surface area contributed by atoms with Crippen LogP contribution in [-0.2, 0) is 0 Å². The van der Waals surface area contributed by atoms with E-state index in [1.54, 1.807) is 24.3 Å². The van der Waals surface area contributed by atoms with Crippen molar-refractivity contribution in [3.63, 3.8) is 0 Å². The molecule has 0 saturated heterocycles. The first kappa shape index (κ1) is 13.5. The molecular formula is C14H7BrClNO2S. The van der Waals surface area contributed by atoms with Crippen LogP contribution in [0.1, 0.15) is 10.4 Å². The first-order valence-corrected chi connectivity index (χ1v) is 7.62. The van der Waals surface area contributed by atoms with Gasteiger partial charge in [0, 0.05) is 9.86 Å². The summed E-state index contributed by atoms with van der Waals surface area (Å²) >= 11 is 10.6. The summed E-state index contributed by atoms with van der Waals surface area (Å²) < 4.78 is 1.47. The number of fused-ring (bicyclic) bond motifs is 1. The van der Waals surface area contributed by atoms with Gasteiger partial charge in [0.1, 0.15) is 0 Å². The largest absolute Gasteiger partial charge is 0.478 e. The van der Waals surface area contributed by atoms with E-state index < -0.39 is 5.97 Å². The zero-order valence-corrected chi connectivity index (χ0v) is 13.1. The Morgan fingerprint density at radius 2 is 2.05 bits per heavy atom. The average molecular weight is 369 g/mol. The van der Waals surface area contributed by atoms with Crippen molar-refractivity contribution in [2.75, 3.05) is 0 Å². The molecule has 1 aromatic carbocycles. The summed E-state index contributed by atoms with van der Waals surface area (Å²) in [7, 11) is 0. The molecule has 3 aromatic rings. The molecule has 0 saturated carbocycles. The maximum atomic E-state index is 11.4. The Hall–Kier alpha value is -1.43. The van der Waals surface area contributed by atoms with Crippen molar-refractivity contribution in [3.8, 4) is 10.6 Å². The van der Waals surface area contributed by atoms with Crippen molar-refractivity contribution in [2.24, 2.45) is 0 Å². The van der Waals surface area contributed by atoms with E-state index in [2.05, 4.69) is 20.9 Å². The molecule has 2 aromatic heterocycles. The van der Waals surface area contributed by atoms with Gasteiger partial charge in [-0.25, -0.2) is 9.78 Å². The second-order valence-corrected chi connectivity index (χ2v) is 6.76. The molecule has 3 rings (SSSR count). The van der Waals surface area contributed by atoms with Gasteiger partial charge in [0.05, 0.1) is 26.0 Å². The van der Waals surface area contributed by atoms with Crippen molar-refractivity contribution in [3.05, 3.63) is 50.8 Å². The molecule has 0 unspecified atom stereocenters. The lowest BCUT2D eigenvalue weighted by Gasteiger charge is -2.06. The molecule has 3 nitrogen and oxygen atoms in total. The number of benzene rings is 1. The molecule has 2 heterocycles. The summed E-state index contributed by atoms with van der Waals surface area (Å²) in [5.74, 6) is -0.973. The van der Waals surface area contributed by atoms with Gasteiger partial charge in [0.25, 0.3) is 0 Å². The molecule has 20 heavy (non-hydrogen) atoms. The Labute approximate surface area is 132 Å². The van der Waals surface area contributed by atoms with Crippen LogP contribution in [0.3, 0.4) is 0 Å². The van der Waals surface area contributed by atoms with Crippen LogP contribution in [0.4, 0.5) is 0 Å². The number of hydrogen-bond donors (Lipinski definition) is 1. The first-order chi connectivity index (χ1) is 9.54. The van der Waals surface area contributed by atoms with Gasteiger partial charge >= 0.3 is 5.97 Å². The molecule has 0 aliphatic heterocycles. The monoisotopic (exact) mass is 367 g/mol. The van der Waals surface area contributed by atoms with E-state index in [1.807, 2.05) is 12.1 Å². The molecular weight excluding hydrogens is 362 g/mol. The summed E-state index contributed by atoms with van der Waals surface area (Å²) in [4.78, 5) is 16.8. The lowest BCUT2D eigenvalue weighted by atomic mass is 10.1. The third-order valence-corrected chi connectivity index (χ3v) is 4.57. The number of aromatic carboxylic acids is 1. The maximum absolute atomic E-state index is 11.4. The van der Waals surface area contributed by atoms with Crippen molar-refractivity contribution >= 4 is 55.7 Å². The number of halogens is 2. The molecule has 0 bridgehead atoms. The Morgan fingerprint density at radius 3 is 2.70 bits per heavy atom. The molecule has 0 aliphatic rings. The standard InChI is InChI=1S/C14H7BrClNO2S/c15-7-1-2-10-8(5-7)9(14(18)19)6-11(17-10)12-3-4-13(16)20-12/h1-6H,(H,18,19). The number of pyridine rings is 1. The Kier molecular flexibility index (Phi) is 3.50. The third kappa shape index (κ3) is 2.44. The van der Waals surface area contributed by atoms with Crippen LogP contribution in [0.5, 0.6) is 0 Å². The Balaban J connectivity index is 2.31. The summed E-state index contributed by atoms with van der Waals surface area (Å²) in [6, 6.07) is 10.6. The van der Waals surface area contributed by atoms with Crippen LogP contribution in [0.15, 0.2) is 40.9 Å². The zero-order valence-electron chi connectivity index (χ0n) is 9.93. The van der Waals surface area contributed by atoms with Crippen LogP contribution in [0.25, 0.3) is 21.5 Å². The summed E-state index contributed by atoms with van der Waals surface area (Å²) in [6.07, 6.45) is 0. The third-order valence-electron chi connectivity index (χ3n) is 2.83. The number of thiophene rings is 1. The fourth-order valence-electron chi connectivity index (χ4n) is 1.95. The predicted octanol–water partition coefficient (Wildman–Crippen LogP) is 5.08. The first-order valence-electron chi connectivity index (χ1n) is 5.64. The molecule has 0 fully saturated rings. The van der Waals surface area contributed by atoms with Gasteiger partial charge in [-0.15, -0.1) is 11.3 Å². The number of nitrogens with zero attached hydrogens (tertiary/aromatic N) is 1. The second-order valence-electron chi connectivity index (χ2n) is 4.13. The van der Waals surface area contributed by atoms with E-state index in [4.69, 9.17) is 11.6 Å². The van der Waals surface area contributed by atoms with E-state index in [9.17, 15) is 9.90 Å². The summed E-state index contributed by atoms with van der Waals surface area (Å²) in [5, 5.41) is 9.99. The molecule has 0 aliphatic carbocycles. The van der Waals surface area contributed by atoms with Crippen molar-refractivity contribution in [1.29, 1.82) is 0 Å². The van der Waals surface area contributed by atoms with E-state index in [0.717, 1.165) is 9.35 Å². The Bertz CT molecular complexity index is 831. The van der Waals surface area contributed by atoms with Crippen molar-refractivity contribution in [2.45, 2.75) is 0 Å². The van der Waals surface area contributed by atoms with E-state index in [-0.39, 0.29) is 5.56 Å². The van der Waals surface area contributed by atoms with Gasteiger partial charge in [-0.05, 0) is 36.4 Å². The number of carbonyl (C=O) groups is 1. The van der Waals surface area contributed by atoms with Crippen molar-refractivity contribution < 1.29 is 9.90 Å². The van der Waals surface area contributed by atoms with Gasteiger partial charge in [-0.1, -0.05) is 27.5 Å². The highest BCUT2D eigenvalue weighted by atomic mass is 79.9. The molecule has 0 atom stereocenters. The van der Waals surface area contributed by atoms with Gasteiger partial charge in [-0.3, -0.25) is 0 Å². The average Bonchev–Trinajstić information content (AvgIpc) is 2.84. The lowest BCUT2D eigenvalue weighted by Crippen LogP contribution is -2.00. The molecule has 100 valence electrons. The van der Waals surface area contributed by atoms with Crippen LogP contribution in [-0.4, -0.2) is 16.1 Å². The molecule has 1 N–H and O–H groups in total. The molecule has 0 amide bonds. The Morgan fingerprint density at radius 1 is 1.25 bits per heavy atom. The number of aromatic nitrogens is 1. The van der Waals surface area contributed by atoms with Gasteiger partial charge in [0.2, 0.25) is 0 Å². The van der Waals surface area contributed by atoms with E-state index >= 15 is 0 Å². The van der Waals surface area contributed by atoms with Crippen LogP contribution in [0, 0.1) is 0 Å². The highest BCUT2D eigenvalue weighted by Gasteiger charge is 2.14. The van der Waals surface area contributed by atoms with Gasteiger partial charge < -0.3 is 5.11 Å². The highest BCUT2D eigenvalue weighted by molar-refractivity contribution is 9.10. The predicted molar refractivity (Wildman–Crippen MR) is 84.7 cm³/mol. The molecule has 6 heteroatoms. The number of carboxylic acid groups (broad SMARTS) is 1. The fraction of sp³-hybridized carbons (Fsp3) is 0. The minimum atomic E-state index is -0.973. The zero-order chi connectivity index (χ0) is 14.3. The smallest absolute Gasteiger partial charge is 0.336 e. The maximum Gasteiger partial charge on any atom is 0.336 e. The summed E-state index contributed by atoms with van der Waals surface area (Å²) in [5.41, 5.74) is 1.50. The minimum absolute atomic E-state index is 0.232. The van der Waals surface area contributed by atoms with Gasteiger partial charge in [-0.2, -0.15) is 0 Å². The minimum Gasteiger partial charge on any atom is -0.478 e. The molecule has 0 radical (unpaired) electrons. The van der Waals surface area contributed by atoms with Crippen LogP contribution >= 0.6 is 38.9 Å². The fourth-order valence-corrected chi connectivity index (χ4v) is 3.32. The van der Waals surface area contributed by atoms with Crippen LogP contribution < -0.4 is 0 Å². The van der Waals surface area contributed by atoms with E-state index in [0.29, 0.717) is 20.9 Å². The van der Waals surface area contributed by atoms with Crippen molar-refractivity contribution in [1.82, 2.24) is 4.98 Å². The van der Waals surface area contributed by atoms with Crippen LogP contribution in [0.2, 0.25) is 4.34 Å². The van der Waals surface area contributed by atoms with E-state index in [1.165, 1.54) is 11.3 Å². The molecule has 0 spiro atoms. The number of carboxylic acids is 1. The lowest BCUT2D eigenvalue weighted by molar-refractivity contribution is 0.0699. The summed E-state index contributed by atoms with van der Waals surface area (Å²) in [6.45, 7) is 0. The highest BCUT2D eigenvalue weighted by Crippen LogP contribution is 2.32. The normalized spacial score (nSPS) is 10.9. The SMILES string of the molecule is O=C(O)c1cc(-c2ccc(Cl)s2)nc2ccc(Br)cc12. The quantitative estimate of drug-likeness (QED) is 0.686. The van der Waals surface area contributed by atoms with Gasteiger partial charge in [0.15, 0.2) is 0 Å². The second kappa shape index (κ2) is 5.16. The topological polar surface area (TPSA) is 50.2 Å².